The smallest absolute Gasteiger partial charge is 0.322 e. The van der Waals surface area contributed by atoms with Crippen LogP contribution in [0.15, 0.2) is 83.8 Å². The van der Waals surface area contributed by atoms with Crippen LogP contribution in [0.25, 0.3) is 11.1 Å². The monoisotopic (exact) mass is 536 g/mol. The number of carbonyl (C=O) groups is 1. The van der Waals surface area contributed by atoms with Gasteiger partial charge in [0.05, 0.1) is 24.2 Å². The Morgan fingerprint density at radius 3 is 2.49 bits per heavy atom. The van der Waals surface area contributed by atoms with Gasteiger partial charge < -0.3 is 20.5 Å². The van der Waals surface area contributed by atoms with Gasteiger partial charge in [-0.25, -0.2) is 4.39 Å². The highest BCUT2D eigenvalue weighted by Crippen LogP contribution is 2.38. The molecule has 0 aliphatic carbocycles. The largest absolute Gasteiger partial charge is 0.495 e. The lowest BCUT2D eigenvalue weighted by atomic mass is 10.0. The maximum atomic E-state index is 15.2. The number of anilines is 3. The van der Waals surface area contributed by atoms with E-state index in [0.717, 1.165) is 16.2 Å². The summed E-state index contributed by atoms with van der Waals surface area (Å²) >= 11 is 7.77. The molecule has 4 aromatic carbocycles. The molecule has 0 saturated carbocycles. The number of hydrogen-bond donors (Lipinski definition) is 3. The number of ether oxygens (including phenoxy) is 1. The van der Waals surface area contributed by atoms with E-state index in [2.05, 4.69) is 22.8 Å². The summed E-state index contributed by atoms with van der Waals surface area (Å²) in [7, 11) is 1.52. The van der Waals surface area contributed by atoms with E-state index in [0.29, 0.717) is 39.0 Å². The summed E-state index contributed by atoms with van der Waals surface area (Å²) in [5, 5.41) is 16.0. The fraction of sp³-hybridized carbons (Fsp3) is 0.138. The van der Waals surface area contributed by atoms with Crippen LogP contribution in [-0.4, -0.2) is 24.7 Å². The lowest BCUT2D eigenvalue weighted by molar-refractivity contribution is -0.134. The van der Waals surface area contributed by atoms with Gasteiger partial charge in [-0.15, -0.1) is 11.8 Å². The van der Waals surface area contributed by atoms with Crippen LogP contribution in [-0.2, 0) is 10.5 Å². The molecule has 190 valence electrons. The van der Waals surface area contributed by atoms with E-state index in [1.54, 1.807) is 30.0 Å². The van der Waals surface area contributed by atoms with Crippen molar-refractivity contribution in [3.8, 4) is 16.9 Å². The molecule has 0 aliphatic rings. The summed E-state index contributed by atoms with van der Waals surface area (Å²) in [5.74, 6) is -0.202. The summed E-state index contributed by atoms with van der Waals surface area (Å²) in [6.45, 7) is 1.60. The maximum Gasteiger partial charge on any atom is 0.322 e. The molecule has 5 nitrogen and oxygen atoms in total. The first-order valence-electron chi connectivity index (χ1n) is 11.5. The number of carboxylic acid groups (broad SMARTS) is 1. The van der Waals surface area contributed by atoms with Crippen LogP contribution in [0, 0.1) is 12.7 Å². The Kier molecular flexibility index (Phi) is 8.58. The average Bonchev–Trinajstić information content (AvgIpc) is 2.89. The molecule has 0 aromatic heterocycles. The first kappa shape index (κ1) is 26.4. The second-order valence-electron chi connectivity index (χ2n) is 8.35. The highest BCUT2D eigenvalue weighted by molar-refractivity contribution is 7.98. The number of methoxy groups -OCH3 is 1. The summed E-state index contributed by atoms with van der Waals surface area (Å²) in [5.41, 5.74) is 4.70. The molecular weight excluding hydrogens is 511 g/mol. The van der Waals surface area contributed by atoms with E-state index < -0.39 is 11.8 Å². The van der Waals surface area contributed by atoms with Crippen LogP contribution in [0.1, 0.15) is 11.1 Å². The molecule has 0 heterocycles. The van der Waals surface area contributed by atoms with Crippen molar-refractivity contribution in [1.82, 2.24) is 0 Å². The normalized spacial score (nSPS) is 10.7. The predicted octanol–water partition coefficient (Wildman–Crippen LogP) is 8.00. The Morgan fingerprint density at radius 2 is 1.78 bits per heavy atom. The number of benzene rings is 4. The molecule has 0 saturated heterocycles. The molecular formula is C29H26ClFN2O3S. The zero-order valence-corrected chi connectivity index (χ0v) is 21.9. The molecule has 37 heavy (non-hydrogen) atoms. The van der Waals surface area contributed by atoms with Gasteiger partial charge in [0, 0.05) is 27.3 Å². The van der Waals surface area contributed by atoms with Crippen molar-refractivity contribution in [3.63, 3.8) is 0 Å². The molecule has 0 radical (unpaired) electrons. The van der Waals surface area contributed by atoms with Crippen molar-refractivity contribution in [2.45, 2.75) is 17.6 Å². The molecule has 4 aromatic rings. The Bertz CT molecular complexity index is 1420. The number of carboxylic acids is 1. The van der Waals surface area contributed by atoms with Crippen molar-refractivity contribution in [3.05, 3.63) is 101 Å². The van der Waals surface area contributed by atoms with E-state index in [-0.39, 0.29) is 6.54 Å². The molecule has 0 amide bonds. The number of nitrogens with one attached hydrogen (secondary N) is 2. The van der Waals surface area contributed by atoms with Crippen LogP contribution in [0.4, 0.5) is 21.5 Å². The highest BCUT2D eigenvalue weighted by atomic mass is 35.5. The van der Waals surface area contributed by atoms with Gasteiger partial charge in [0.25, 0.3) is 0 Å². The number of aryl methyl sites for hydroxylation is 1. The minimum Gasteiger partial charge on any atom is -0.495 e. The fourth-order valence-corrected chi connectivity index (χ4v) is 4.79. The van der Waals surface area contributed by atoms with Gasteiger partial charge >= 0.3 is 5.97 Å². The van der Waals surface area contributed by atoms with Gasteiger partial charge in [0.2, 0.25) is 0 Å². The minimum atomic E-state index is -0.987. The molecule has 3 N–H and O–H groups in total. The Balaban J connectivity index is 1.63. The lowest BCUT2D eigenvalue weighted by Gasteiger charge is -2.18. The quantitative estimate of drug-likeness (QED) is 0.178. The van der Waals surface area contributed by atoms with E-state index in [4.69, 9.17) is 16.3 Å². The lowest BCUT2D eigenvalue weighted by Crippen LogP contribution is -2.13. The topological polar surface area (TPSA) is 70.6 Å². The maximum absolute atomic E-state index is 15.2. The second-order valence-corrected chi connectivity index (χ2v) is 9.81. The molecule has 0 unspecified atom stereocenters. The summed E-state index contributed by atoms with van der Waals surface area (Å²) in [6.07, 6.45) is 0. The van der Waals surface area contributed by atoms with Crippen LogP contribution >= 0.6 is 23.4 Å². The second kappa shape index (κ2) is 12.0. The van der Waals surface area contributed by atoms with Gasteiger partial charge in [-0.05, 0) is 60.0 Å². The van der Waals surface area contributed by atoms with Crippen LogP contribution in [0.2, 0.25) is 5.02 Å². The van der Waals surface area contributed by atoms with Crippen LogP contribution in [0.3, 0.4) is 0 Å². The summed E-state index contributed by atoms with van der Waals surface area (Å²) in [4.78, 5) is 12.2. The average molecular weight is 537 g/mol. The molecule has 0 atom stereocenters. The third kappa shape index (κ3) is 6.76. The first-order valence-corrected chi connectivity index (χ1v) is 12.9. The van der Waals surface area contributed by atoms with Gasteiger partial charge in [-0.3, -0.25) is 4.79 Å². The van der Waals surface area contributed by atoms with Gasteiger partial charge in [0.1, 0.15) is 18.1 Å². The van der Waals surface area contributed by atoms with Crippen molar-refractivity contribution in [1.29, 1.82) is 0 Å². The highest BCUT2D eigenvalue weighted by Gasteiger charge is 2.15. The minimum absolute atomic E-state index is 0.262. The number of aliphatic carboxylic acids is 1. The fourth-order valence-electron chi connectivity index (χ4n) is 3.78. The summed E-state index contributed by atoms with van der Waals surface area (Å²) in [6, 6.07) is 24.1. The number of rotatable bonds is 10. The zero-order valence-electron chi connectivity index (χ0n) is 20.3. The van der Waals surface area contributed by atoms with E-state index in [9.17, 15) is 9.90 Å². The Hall–Kier alpha value is -3.68. The van der Waals surface area contributed by atoms with E-state index in [1.165, 1.54) is 18.7 Å². The Labute approximate surface area is 224 Å². The molecule has 0 spiro atoms. The number of halogens is 2. The van der Waals surface area contributed by atoms with Crippen molar-refractivity contribution >= 4 is 46.4 Å². The molecule has 0 bridgehead atoms. The van der Waals surface area contributed by atoms with E-state index >= 15 is 4.39 Å². The van der Waals surface area contributed by atoms with Gasteiger partial charge in [-0.2, -0.15) is 0 Å². The Morgan fingerprint density at radius 1 is 1.00 bits per heavy atom. The predicted molar refractivity (Wildman–Crippen MR) is 150 cm³/mol. The van der Waals surface area contributed by atoms with Gasteiger partial charge in [-0.1, -0.05) is 48.0 Å². The molecule has 0 aliphatic heterocycles. The van der Waals surface area contributed by atoms with Gasteiger partial charge in [0.15, 0.2) is 0 Å². The van der Waals surface area contributed by atoms with Crippen molar-refractivity contribution in [2.24, 2.45) is 0 Å². The van der Waals surface area contributed by atoms with Crippen molar-refractivity contribution in [2.75, 3.05) is 24.3 Å². The van der Waals surface area contributed by atoms with Crippen molar-refractivity contribution < 1.29 is 19.0 Å². The molecule has 4 rings (SSSR count). The molecule has 0 fully saturated rings. The SMILES string of the molecule is COc1cc(-c2ccc(Cl)c(C)c2)c(F)cc1Nc1ccc(SCc2ccccc2)cc1NCC(=O)O. The third-order valence-electron chi connectivity index (χ3n) is 5.70. The third-order valence-corrected chi connectivity index (χ3v) is 7.19. The van der Waals surface area contributed by atoms with E-state index in [1.807, 2.05) is 49.4 Å². The van der Waals surface area contributed by atoms with Crippen LogP contribution in [0.5, 0.6) is 5.75 Å². The number of hydrogen-bond acceptors (Lipinski definition) is 5. The standard InChI is InChI=1S/C29H26ClFN2O3S/c1-18-12-20(8-10-23(18)30)22-14-28(36-2)27(15-24(22)31)33-25-11-9-21(13-26(25)32-16-29(34)35)37-17-19-6-4-3-5-7-19/h3-15,32-33H,16-17H2,1-2H3,(H,34,35). The number of thioether (sulfide) groups is 1. The zero-order chi connectivity index (χ0) is 26.4. The van der Waals surface area contributed by atoms with Crippen LogP contribution < -0.4 is 15.4 Å². The molecule has 8 heteroatoms. The summed E-state index contributed by atoms with van der Waals surface area (Å²) < 4.78 is 20.8. The first-order chi connectivity index (χ1) is 17.8.